The molecule has 0 atom stereocenters. The summed E-state index contributed by atoms with van der Waals surface area (Å²) in [7, 11) is 0. The molecule has 1 aliphatic heterocycles. The van der Waals surface area contributed by atoms with Crippen molar-refractivity contribution in [1.29, 1.82) is 0 Å². The lowest BCUT2D eigenvalue weighted by Crippen LogP contribution is -2.29. The summed E-state index contributed by atoms with van der Waals surface area (Å²) in [5, 5.41) is 0. The normalized spacial score (nSPS) is 32.2. The smallest absolute Gasteiger partial charge is 0.0871 e. The van der Waals surface area contributed by atoms with Crippen LogP contribution in [0, 0.1) is 11.3 Å². The minimum absolute atomic E-state index is 0.0842. The van der Waals surface area contributed by atoms with Gasteiger partial charge in [-0.25, -0.2) is 0 Å². The lowest BCUT2D eigenvalue weighted by Gasteiger charge is -2.36. The van der Waals surface area contributed by atoms with Gasteiger partial charge in [0.2, 0.25) is 0 Å². The molecule has 0 aromatic carbocycles. The van der Waals surface area contributed by atoms with E-state index in [0.717, 1.165) is 19.1 Å². The summed E-state index contributed by atoms with van der Waals surface area (Å²) in [4.78, 5) is 0. The average molecular weight is 306 g/mol. The van der Waals surface area contributed by atoms with Crippen LogP contribution in [0.2, 0.25) is 0 Å². The number of rotatable bonds is 3. The fourth-order valence-electron chi connectivity index (χ4n) is 4.53. The molecule has 0 radical (unpaired) electrons. The molecule has 0 bridgehead atoms. The highest BCUT2D eigenvalue weighted by Gasteiger charge is 2.36. The third kappa shape index (κ3) is 3.94. The molecule has 3 aliphatic rings. The molecule has 3 rings (SSSR count). The first-order chi connectivity index (χ1) is 10.5. The molecule has 2 heteroatoms. The van der Waals surface area contributed by atoms with E-state index in [1.807, 2.05) is 0 Å². The van der Waals surface area contributed by atoms with Crippen LogP contribution in [-0.4, -0.2) is 24.9 Å². The maximum absolute atomic E-state index is 6.21. The standard InChI is InChI=1S/C20H34O2/c1-19(2,3)17-7-9-18(10-8-17)21-14-16-13-20(22-15-16)11-5-4-6-12-20/h13,17-18H,4-12,14-15H2,1-3H3. The van der Waals surface area contributed by atoms with Gasteiger partial charge in [0.1, 0.15) is 0 Å². The highest BCUT2D eigenvalue weighted by molar-refractivity contribution is 5.19. The van der Waals surface area contributed by atoms with Gasteiger partial charge >= 0.3 is 0 Å². The lowest BCUT2D eigenvalue weighted by molar-refractivity contribution is -0.0109. The highest BCUT2D eigenvalue weighted by atomic mass is 16.5. The zero-order chi connectivity index (χ0) is 15.6. The molecule has 0 N–H and O–H groups in total. The lowest BCUT2D eigenvalue weighted by atomic mass is 9.72. The van der Waals surface area contributed by atoms with E-state index in [0.29, 0.717) is 11.5 Å². The molecule has 1 heterocycles. The number of ether oxygens (including phenoxy) is 2. The van der Waals surface area contributed by atoms with Gasteiger partial charge < -0.3 is 9.47 Å². The molecule has 126 valence electrons. The summed E-state index contributed by atoms with van der Waals surface area (Å²) in [5.74, 6) is 0.867. The Kier molecular flexibility index (Phi) is 4.99. The van der Waals surface area contributed by atoms with E-state index in [9.17, 15) is 0 Å². The highest BCUT2D eigenvalue weighted by Crippen LogP contribution is 2.40. The van der Waals surface area contributed by atoms with Crippen molar-refractivity contribution >= 4 is 0 Å². The van der Waals surface area contributed by atoms with Crippen LogP contribution in [0.4, 0.5) is 0 Å². The van der Waals surface area contributed by atoms with Gasteiger partial charge in [-0.05, 0) is 61.5 Å². The Hall–Kier alpha value is -0.340. The Balaban J connectivity index is 1.43. The second-order valence-corrected chi connectivity index (χ2v) is 8.87. The van der Waals surface area contributed by atoms with Crippen molar-refractivity contribution in [2.24, 2.45) is 11.3 Å². The van der Waals surface area contributed by atoms with E-state index in [4.69, 9.17) is 9.47 Å². The minimum Gasteiger partial charge on any atom is -0.374 e. The van der Waals surface area contributed by atoms with Crippen molar-refractivity contribution in [3.63, 3.8) is 0 Å². The molecule has 1 spiro atoms. The fraction of sp³-hybridized carbons (Fsp3) is 0.900. The molecular weight excluding hydrogens is 272 g/mol. The van der Waals surface area contributed by atoms with Crippen LogP contribution in [0.15, 0.2) is 11.6 Å². The zero-order valence-corrected chi connectivity index (χ0v) is 14.8. The van der Waals surface area contributed by atoms with Gasteiger partial charge in [-0.2, -0.15) is 0 Å². The molecule has 2 saturated carbocycles. The van der Waals surface area contributed by atoms with Crippen molar-refractivity contribution < 1.29 is 9.47 Å². The number of hydrogen-bond donors (Lipinski definition) is 0. The van der Waals surface area contributed by atoms with Gasteiger partial charge in [-0.15, -0.1) is 0 Å². The molecule has 2 aliphatic carbocycles. The monoisotopic (exact) mass is 306 g/mol. The molecule has 0 amide bonds. The van der Waals surface area contributed by atoms with E-state index in [2.05, 4.69) is 26.8 Å². The van der Waals surface area contributed by atoms with Crippen molar-refractivity contribution in [2.45, 2.75) is 90.3 Å². The van der Waals surface area contributed by atoms with E-state index in [1.165, 1.54) is 63.4 Å². The summed E-state index contributed by atoms with van der Waals surface area (Å²) < 4.78 is 12.3. The SMILES string of the molecule is CC(C)(C)C1CCC(OCC2=CC3(CCCCC3)OC2)CC1. The van der Waals surface area contributed by atoms with Crippen LogP contribution in [0.3, 0.4) is 0 Å². The fourth-order valence-corrected chi connectivity index (χ4v) is 4.53. The van der Waals surface area contributed by atoms with Gasteiger partial charge in [0.05, 0.1) is 24.9 Å². The van der Waals surface area contributed by atoms with Gasteiger partial charge in [0, 0.05) is 0 Å². The van der Waals surface area contributed by atoms with Crippen molar-refractivity contribution in [3.05, 3.63) is 11.6 Å². The molecule has 22 heavy (non-hydrogen) atoms. The average Bonchev–Trinajstić information content (AvgIpc) is 2.88. The van der Waals surface area contributed by atoms with Crippen LogP contribution in [0.25, 0.3) is 0 Å². The number of hydrogen-bond acceptors (Lipinski definition) is 2. The molecule has 0 saturated heterocycles. The van der Waals surface area contributed by atoms with E-state index >= 15 is 0 Å². The molecule has 0 aromatic heterocycles. The zero-order valence-electron chi connectivity index (χ0n) is 14.8. The first kappa shape index (κ1) is 16.5. The minimum atomic E-state index is 0.0842. The van der Waals surface area contributed by atoms with Crippen molar-refractivity contribution in [3.8, 4) is 0 Å². The summed E-state index contributed by atoms with van der Waals surface area (Å²) in [6.45, 7) is 8.74. The Bertz CT molecular complexity index is 390. The predicted octanol–water partition coefficient (Wildman–Crippen LogP) is 5.27. The summed E-state index contributed by atoms with van der Waals surface area (Å²) in [5.41, 5.74) is 1.93. The maximum Gasteiger partial charge on any atom is 0.0871 e. The van der Waals surface area contributed by atoms with Gasteiger partial charge in [-0.3, -0.25) is 0 Å². The molecule has 2 fully saturated rings. The Morgan fingerprint density at radius 2 is 1.77 bits per heavy atom. The quantitative estimate of drug-likeness (QED) is 0.661. The van der Waals surface area contributed by atoms with E-state index < -0.39 is 0 Å². The van der Waals surface area contributed by atoms with Gasteiger partial charge in [0.15, 0.2) is 0 Å². The molecule has 0 unspecified atom stereocenters. The van der Waals surface area contributed by atoms with Crippen molar-refractivity contribution in [1.82, 2.24) is 0 Å². The largest absolute Gasteiger partial charge is 0.374 e. The van der Waals surface area contributed by atoms with Crippen molar-refractivity contribution in [2.75, 3.05) is 13.2 Å². The Labute approximate surface area is 136 Å². The predicted molar refractivity (Wildman–Crippen MR) is 91.0 cm³/mol. The second-order valence-electron chi connectivity index (χ2n) is 8.87. The second kappa shape index (κ2) is 6.65. The molecule has 0 aromatic rings. The van der Waals surface area contributed by atoms with Crippen LogP contribution in [-0.2, 0) is 9.47 Å². The van der Waals surface area contributed by atoms with Crippen LogP contribution in [0.1, 0.15) is 78.6 Å². The third-order valence-electron chi connectivity index (χ3n) is 6.12. The van der Waals surface area contributed by atoms with Crippen LogP contribution in [0.5, 0.6) is 0 Å². The molecular formula is C20H34O2. The summed E-state index contributed by atoms with van der Waals surface area (Å²) >= 11 is 0. The third-order valence-corrected chi connectivity index (χ3v) is 6.12. The van der Waals surface area contributed by atoms with Crippen LogP contribution < -0.4 is 0 Å². The van der Waals surface area contributed by atoms with Gasteiger partial charge in [-0.1, -0.05) is 40.0 Å². The Morgan fingerprint density at radius 3 is 2.41 bits per heavy atom. The first-order valence-electron chi connectivity index (χ1n) is 9.43. The molecule has 2 nitrogen and oxygen atoms in total. The van der Waals surface area contributed by atoms with Crippen LogP contribution >= 0.6 is 0 Å². The maximum atomic E-state index is 6.21. The summed E-state index contributed by atoms with van der Waals surface area (Å²) in [6.07, 6.45) is 14.5. The summed E-state index contributed by atoms with van der Waals surface area (Å²) in [6, 6.07) is 0. The topological polar surface area (TPSA) is 18.5 Å². The van der Waals surface area contributed by atoms with Gasteiger partial charge in [0.25, 0.3) is 0 Å². The van der Waals surface area contributed by atoms with E-state index in [1.54, 1.807) is 0 Å². The Morgan fingerprint density at radius 1 is 1.09 bits per heavy atom. The first-order valence-corrected chi connectivity index (χ1v) is 9.43. The van der Waals surface area contributed by atoms with E-state index in [-0.39, 0.29) is 5.60 Å².